The normalized spacial score (nSPS) is 14.5. The lowest BCUT2D eigenvalue weighted by atomic mass is 9.66. The lowest BCUT2D eigenvalue weighted by Gasteiger charge is -2.33. The van der Waals surface area contributed by atoms with Crippen molar-refractivity contribution in [2.24, 2.45) is 11.3 Å². The summed E-state index contributed by atoms with van der Waals surface area (Å²) in [4.78, 5) is 50.4. The zero-order valence-electron chi connectivity index (χ0n) is 22.0. The van der Waals surface area contributed by atoms with E-state index in [2.05, 4.69) is 6.92 Å². The fraction of sp³-hybridized carbons (Fsp3) is 0.778. The van der Waals surface area contributed by atoms with Crippen molar-refractivity contribution in [3.8, 4) is 0 Å². The highest BCUT2D eigenvalue weighted by molar-refractivity contribution is 6.23. The van der Waals surface area contributed by atoms with E-state index >= 15 is 0 Å². The molecular weight excluding hydrogens is 452 g/mol. The van der Waals surface area contributed by atoms with Gasteiger partial charge in [-0.3, -0.25) is 19.2 Å². The third kappa shape index (κ3) is 11.6. The maximum absolute atomic E-state index is 12.8. The van der Waals surface area contributed by atoms with Crippen molar-refractivity contribution in [3.63, 3.8) is 0 Å². The highest BCUT2D eigenvalue weighted by Gasteiger charge is 2.57. The highest BCUT2D eigenvalue weighted by atomic mass is 16.5. The number of esters is 1. The van der Waals surface area contributed by atoms with E-state index in [-0.39, 0.29) is 12.5 Å². The summed E-state index contributed by atoms with van der Waals surface area (Å²) in [6.07, 6.45) is 11.4. The average molecular weight is 499 g/mol. The Hall–Kier alpha value is -1.90. The molecular formula is C27H46O8. The third-order valence-corrected chi connectivity index (χ3v) is 6.39. The largest absolute Gasteiger partial charge is 0.462 e. The fourth-order valence-electron chi connectivity index (χ4n) is 4.31. The summed E-state index contributed by atoms with van der Waals surface area (Å²) in [5.74, 6) is -4.33. The molecule has 0 aromatic carbocycles. The van der Waals surface area contributed by atoms with Gasteiger partial charge < -0.3 is 20.1 Å². The van der Waals surface area contributed by atoms with Crippen LogP contribution in [0.1, 0.15) is 98.3 Å². The van der Waals surface area contributed by atoms with Crippen LogP contribution in [0.4, 0.5) is 0 Å². The number of hydrogen-bond donors (Lipinski definition) is 3. The number of aliphatic hydroxyl groups is 3. The number of rotatable bonds is 21. The molecule has 0 radical (unpaired) electrons. The first kappa shape index (κ1) is 33.1. The van der Waals surface area contributed by atoms with Crippen LogP contribution in [0.2, 0.25) is 0 Å². The molecule has 0 aliphatic heterocycles. The van der Waals surface area contributed by atoms with E-state index in [9.17, 15) is 29.4 Å². The van der Waals surface area contributed by atoms with E-state index < -0.39 is 54.0 Å². The summed E-state index contributed by atoms with van der Waals surface area (Å²) in [5.41, 5.74) is -2.26. The SMILES string of the molecule is CCCCCC[C@@H](O)CC=CCCCCCC(C(C)=O)C(C(C)=O)(C(C)=O)C(=O)OCC(O)CO. The lowest BCUT2D eigenvalue weighted by molar-refractivity contribution is -0.172. The molecule has 3 atom stereocenters. The number of ether oxygens (including phenoxy) is 1. The predicted molar refractivity (Wildman–Crippen MR) is 134 cm³/mol. The van der Waals surface area contributed by atoms with Gasteiger partial charge in [0.2, 0.25) is 0 Å². The second-order valence-electron chi connectivity index (χ2n) is 9.37. The number of aliphatic hydroxyl groups excluding tert-OH is 3. The molecule has 0 saturated heterocycles. The molecule has 0 amide bonds. The molecule has 8 heteroatoms. The van der Waals surface area contributed by atoms with Crippen molar-refractivity contribution in [1.82, 2.24) is 0 Å². The molecule has 0 spiro atoms. The first-order valence-electron chi connectivity index (χ1n) is 12.9. The van der Waals surface area contributed by atoms with Crippen LogP contribution in [0.25, 0.3) is 0 Å². The van der Waals surface area contributed by atoms with Crippen LogP contribution >= 0.6 is 0 Å². The van der Waals surface area contributed by atoms with Gasteiger partial charge >= 0.3 is 5.97 Å². The molecule has 0 aliphatic carbocycles. The smallest absolute Gasteiger partial charge is 0.328 e. The van der Waals surface area contributed by atoms with Crippen molar-refractivity contribution >= 4 is 23.3 Å². The molecule has 3 N–H and O–H groups in total. The van der Waals surface area contributed by atoms with Gasteiger partial charge in [0.05, 0.1) is 12.7 Å². The van der Waals surface area contributed by atoms with Gasteiger partial charge in [0.25, 0.3) is 0 Å². The highest BCUT2D eigenvalue weighted by Crippen LogP contribution is 2.37. The van der Waals surface area contributed by atoms with Gasteiger partial charge in [-0.15, -0.1) is 0 Å². The van der Waals surface area contributed by atoms with Gasteiger partial charge in [-0.1, -0.05) is 57.6 Å². The lowest BCUT2D eigenvalue weighted by Crippen LogP contribution is -2.53. The number of carbonyl (C=O) groups is 4. The van der Waals surface area contributed by atoms with Gasteiger partial charge in [-0.2, -0.15) is 0 Å². The zero-order chi connectivity index (χ0) is 26.9. The van der Waals surface area contributed by atoms with Crippen LogP contribution in [0.3, 0.4) is 0 Å². The summed E-state index contributed by atoms with van der Waals surface area (Å²) >= 11 is 0. The van der Waals surface area contributed by atoms with Crippen LogP contribution in [-0.4, -0.2) is 64.1 Å². The van der Waals surface area contributed by atoms with Gasteiger partial charge in [-0.25, -0.2) is 0 Å². The topological polar surface area (TPSA) is 138 Å². The van der Waals surface area contributed by atoms with Gasteiger partial charge in [-0.05, 0) is 52.9 Å². The second kappa shape index (κ2) is 18.4. The quantitative estimate of drug-likeness (QED) is 0.0946. The number of allylic oxidation sites excluding steroid dienone is 1. The van der Waals surface area contributed by atoms with E-state index in [1.54, 1.807) is 0 Å². The van der Waals surface area contributed by atoms with Crippen molar-refractivity contribution < 1.29 is 39.2 Å². The maximum Gasteiger partial charge on any atom is 0.328 e. The molecule has 0 bridgehead atoms. The first-order chi connectivity index (χ1) is 16.5. The van der Waals surface area contributed by atoms with Crippen molar-refractivity contribution in [1.29, 1.82) is 0 Å². The monoisotopic (exact) mass is 498 g/mol. The van der Waals surface area contributed by atoms with Crippen LogP contribution in [0.5, 0.6) is 0 Å². The molecule has 0 aromatic heterocycles. The Bertz CT molecular complexity index is 671. The number of unbranched alkanes of at least 4 members (excludes halogenated alkanes) is 6. The van der Waals surface area contributed by atoms with Crippen molar-refractivity contribution in [2.45, 2.75) is 111 Å². The Labute approximate surface area is 210 Å². The molecule has 0 aliphatic rings. The minimum absolute atomic E-state index is 0.173. The van der Waals surface area contributed by atoms with Crippen LogP contribution in [0, 0.1) is 11.3 Å². The molecule has 2 unspecified atom stereocenters. The minimum atomic E-state index is -2.26. The Morgan fingerprint density at radius 1 is 0.829 bits per heavy atom. The molecule has 0 saturated carbocycles. The molecule has 0 fully saturated rings. The van der Waals surface area contributed by atoms with E-state index in [0.29, 0.717) is 12.8 Å². The maximum atomic E-state index is 12.8. The summed E-state index contributed by atoms with van der Waals surface area (Å²) in [6, 6.07) is 0. The van der Waals surface area contributed by atoms with Crippen LogP contribution in [0.15, 0.2) is 12.2 Å². The zero-order valence-corrected chi connectivity index (χ0v) is 22.0. The average Bonchev–Trinajstić information content (AvgIpc) is 2.80. The molecule has 0 aromatic rings. The second-order valence-corrected chi connectivity index (χ2v) is 9.37. The Morgan fingerprint density at radius 2 is 1.43 bits per heavy atom. The Kier molecular flexibility index (Phi) is 17.4. The van der Waals surface area contributed by atoms with Crippen molar-refractivity contribution in [2.75, 3.05) is 13.2 Å². The summed E-state index contributed by atoms with van der Waals surface area (Å²) in [5, 5.41) is 28.4. The summed E-state index contributed by atoms with van der Waals surface area (Å²) in [7, 11) is 0. The standard InChI is InChI=1S/C27H46O8/c1-5-6-7-12-15-23(32)16-13-10-8-9-11-14-17-25(20(2)29)27(21(3)30,22(4)31)26(34)35-19-24(33)18-28/h10,13,23-25,28,32-33H,5-9,11-12,14-19H2,1-4H3/t23-,24?,25?/m1/s1. The van der Waals surface area contributed by atoms with Crippen LogP contribution < -0.4 is 0 Å². The molecule has 202 valence electrons. The van der Waals surface area contributed by atoms with Gasteiger partial charge in [0.1, 0.15) is 18.5 Å². The Morgan fingerprint density at radius 3 is 1.97 bits per heavy atom. The van der Waals surface area contributed by atoms with Gasteiger partial charge in [0, 0.05) is 5.92 Å². The summed E-state index contributed by atoms with van der Waals surface area (Å²) in [6.45, 7) is 4.35. The summed E-state index contributed by atoms with van der Waals surface area (Å²) < 4.78 is 4.97. The van der Waals surface area contributed by atoms with E-state index in [4.69, 9.17) is 9.84 Å². The first-order valence-corrected chi connectivity index (χ1v) is 12.9. The molecule has 0 heterocycles. The third-order valence-electron chi connectivity index (χ3n) is 6.39. The molecule has 0 rings (SSSR count). The number of carbonyl (C=O) groups excluding carboxylic acids is 4. The Balaban J connectivity index is 4.85. The van der Waals surface area contributed by atoms with Crippen LogP contribution in [-0.2, 0) is 23.9 Å². The predicted octanol–water partition coefficient (Wildman–Crippen LogP) is 3.48. The fourth-order valence-corrected chi connectivity index (χ4v) is 4.31. The molecule has 8 nitrogen and oxygen atoms in total. The van der Waals surface area contributed by atoms with E-state index in [1.807, 2.05) is 12.2 Å². The number of Topliss-reactive ketones (excluding diaryl/α,β-unsaturated/α-hetero) is 3. The van der Waals surface area contributed by atoms with E-state index in [1.165, 1.54) is 19.8 Å². The molecule has 35 heavy (non-hydrogen) atoms. The van der Waals surface area contributed by atoms with Crippen molar-refractivity contribution in [3.05, 3.63) is 12.2 Å². The van der Waals surface area contributed by atoms with E-state index in [0.717, 1.165) is 52.4 Å². The number of hydrogen-bond acceptors (Lipinski definition) is 8. The minimum Gasteiger partial charge on any atom is -0.462 e. The number of ketones is 3. The van der Waals surface area contributed by atoms with Gasteiger partial charge in [0.15, 0.2) is 17.0 Å².